The van der Waals surface area contributed by atoms with Gasteiger partial charge in [0.2, 0.25) is 0 Å². The summed E-state index contributed by atoms with van der Waals surface area (Å²) in [6.07, 6.45) is 1.73. The van der Waals surface area contributed by atoms with E-state index in [1.165, 1.54) is 0 Å². The first-order valence-electron chi connectivity index (χ1n) is 8.88. The van der Waals surface area contributed by atoms with Gasteiger partial charge in [-0.3, -0.25) is 4.79 Å². The molecular formula is C22H26O4. The molecule has 0 unspecified atom stereocenters. The molecule has 0 fully saturated rings. The molecule has 0 saturated carbocycles. The largest absolute Gasteiger partial charge is 0.462 e. The third-order valence-electron chi connectivity index (χ3n) is 4.27. The third kappa shape index (κ3) is 7.09. The number of ether oxygens (including phenoxy) is 2. The molecule has 0 N–H and O–H groups in total. The van der Waals surface area contributed by atoms with E-state index in [0.717, 1.165) is 5.56 Å². The summed E-state index contributed by atoms with van der Waals surface area (Å²) < 4.78 is 10.6. The molecule has 0 saturated heterocycles. The molecule has 4 nitrogen and oxygen atoms in total. The zero-order chi connectivity index (χ0) is 18.8. The molecule has 0 atom stereocenters. The van der Waals surface area contributed by atoms with E-state index in [1.54, 1.807) is 12.1 Å². The first-order valence-corrected chi connectivity index (χ1v) is 8.88. The van der Waals surface area contributed by atoms with Gasteiger partial charge >= 0.3 is 11.9 Å². The Kier molecular flexibility index (Phi) is 7.39. The molecule has 0 aliphatic heterocycles. The number of hydrogen-bond donors (Lipinski definition) is 0. The van der Waals surface area contributed by atoms with Crippen LogP contribution in [0.15, 0.2) is 60.7 Å². The van der Waals surface area contributed by atoms with Crippen LogP contribution >= 0.6 is 0 Å². The fourth-order valence-electron chi connectivity index (χ4n) is 2.45. The second-order valence-electron chi connectivity index (χ2n) is 7.06. The van der Waals surface area contributed by atoms with Crippen LogP contribution in [-0.2, 0) is 20.9 Å². The van der Waals surface area contributed by atoms with E-state index in [9.17, 15) is 9.59 Å². The van der Waals surface area contributed by atoms with Gasteiger partial charge in [-0.2, -0.15) is 0 Å². The highest BCUT2D eigenvalue weighted by atomic mass is 16.5. The number of hydrogen-bond acceptors (Lipinski definition) is 4. The Morgan fingerprint density at radius 1 is 0.846 bits per heavy atom. The molecule has 4 heteroatoms. The van der Waals surface area contributed by atoms with Gasteiger partial charge in [-0.05, 0) is 36.0 Å². The van der Waals surface area contributed by atoms with Crippen LogP contribution in [-0.4, -0.2) is 18.5 Å². The minimum atomic E-state index is -0.316. The second-order valence-corrected chi connectivity index (χ2v) is 7.06. The van der Waals surface area contributed by atoms with Crippen molar-refractivity contribution < 1.29 is 19.1 Å². The van der Waals surface area contributed by atoms with E-state index in [-0.39, 0.29) is 17.4 Å². The van der Waals surface area contributed by atoms with Gasteiger partial charge in [-0.25, -0.2) is 4.79 Å². The Morgan fingerprint density at radius 3 is 2.12 bits per heavy atom. The fraction of sp³-hybridized carbons (Fsp3) is 0.364. The number of carbonyl (C=O) groups is 2. The summed E-state index contributed by atoms with van der Waals surface area (Å²) in [6.45, 7) is 4.76. The SMILES string of the molecule is CC(C)(CCOC(=O)c1ccccc1)CCC(=O)OCc1ccccc1. The number of benzene rings is 2. The molecule has 2 rings (SSSR count). The van der Waals surface area contributed by atoms with Crippen LogP contribution in [0.1, 0.15) is 49.0 Å². The average Bonchev–Trinajstić information content (AvgIpc) is 2.66. The smallest absolute Gasteiger partial charge is 0.338 e. The molecule has 138 valence electrons. The molecule has 26 heavy (non-hydrogen) atoms. The van der Waals surface area contributed by atoms with Crippen molar-refractivity contribution >= 4 is 11.9 Å². The van der Waals surface area contributed by atoms with Gasteiger partial charge in [0.05, 0.1) is 12.2 Å². The first-order chi connectivity index (χ1) is 12.5. The molecular weight excluding hydrogens is 328 g/mol. The Balaban J connectivity index is 1.66. The molecule has 0 amide bonds. The van der Waals surface area contributed by atoms with E-state index in [1.807, 2.05) is 48.5 Å². The lowest BCUT2D eigenvalue weighted by Gasteiger charge is -2.23. The minimum Gasteiger partial charge on any atom is -0.462 e. The van der Waals surface area contributed by atoms with Crippen molar-refractivity contribution in [2.45, 2.75) is 39.7 Å². The van der Waals surface area contributed by atoms with Crippen molar-refractivity contribution in [2.75, 3.05) is 6.61 Å². The maximum absolute atomic E-state index is 11.9. The summed E-state index contributed by atoms with van der Waals surface area (Å²) in [5.41, 5.74) is 1.42. The minimum absolute atomic E-state index is 0.108. The predicted molar refractivity (Wildman–Crippen MR) is 101 cm³/mol. The highest BCUT2D eigenvalue weighted by Gasteiger charge is 2.20. The zero-order valence-corrected chi connectivity index (χ0v) is 15.4. The number of carbonyl (C=O) groups excluding carboxylic acids is 2. The van der Waals surface area contributed by atoms with Crippen LogP contribution in [0.2, 0.25) is 0 Å². The normalized spacial score (nSPS) is 11.0. The van der Waals surface area contributed by atoms with Gasteiger partial charge in [0.15, 0.2) is 0 Å². The maximum atomic E-state index is 11.9. The van der Waals surface area contributed by atoms with Gasteiger partial charge < -0.3 is 9.47 Å². The number of rotatable bonds is 9. The molecule has 0 heterocycles. The topological polar surface area (TPSA) is 52.6 Å². The summed E-state index contributed by atoms with van der Waals surface area (Å²) in [6, 6.07) is 18.6. The van der Waals surface area contributed by atoms with Crippen molar-refractivity contribution in [2.24, 2.45) is 5.41 Å². The van der Waals surface area contributed by atoms with Crippen molar-refractivity contribution in [1.82, 2.24) is 0 Å². The van der Waals surface area contributed by atoms with Crippen LogP contribution < -0.4 is 0 Å². The summed E-state index contributed by atoms with van der Waals surface area (Å²) in [4.78, 5) is 23.8. The molecule has 0 aromatic heterocycles. The second kappa shape index (κ2) is 9.76. The summed E-state index contributed by atoms with van der Waals surface area (Å²) >= 11 is 0. The van der Waals surface area contributed by atoms with Crippen molar-refractivity contribution in [1.29, 1.82) is 0 Å². The highest BCUT2D eigenvalue weighted by molar-refractivity contribution is 5.89. The fourth-order valence-corrected chi connectivity index (χ4v) is 2.45. The van der Waals surface area contributed by atoms with Crippen LogP contribution in [0.25, 0.3) is 0 Å². The van der Waals surface area contributed by atoms with E-state index < -0.39 is 0 Å². The molecule has 0 aliphatic rings. The molecule has 2 aromatic carbocycles. The molecule has 0 aliphatic carbocycles. The summed E-state index contributed by atoms with van der Waals surface area (Å²) in [7, 11) is 0. The quantitative estimate of drug-likeness (QED) is 0.608. The Morgan fingerprint density at radius 2 is 1.46 bits per heavy atom. The lowest BCUT2D eigenvalue weighted by molar-refractivity contribution is -0.145. The van der Waals surface area contributed by atoms with Crippen LogP contribution in [0.3, 0.4) is 0 Å². The molecule has 0 spiro atoms. The Bertz CT molecular complexity index is 693. The summed E-state index contributed by atoms with van der Waals surface area (Å²) in [5, 5.41) is 0. The van der Waals surface area contributed by atoms with Gasteiger partial charge in [-0.15, -0.1) is 0 Å². The molecule has 0 radical (unpaired) electrons. The maximum Gasteiger partial charge on any atom is 0.338 e. The van der Waals surface area contributed by atoms with E-state index in [0.29, 0.717) is 38.0 Å². The van der Waals surface area contributed by atoms with Crippen molar-refractivity contribution in [3.8, 4) is 0 Å². The number of esters is 2. The van der Waals surface area contributed by atoms with E-state index >= 15 is 0 Å². The van der Waals surface area contributed by atoms with E-state index in [2.05, 4.69) is 13.8 Å². The predicted octanol–water partition coefficient (Wildman–Crippen LogP) is 4.78. The first kappa shape index (κ1) is 19.7. The zero-order valence-electron chi connectivity index (χ0n) is 15.4. The lowest BCUT2D eigenvalue weighted by atomic mass is 9.85. The van der Waals surface area contributed by atoms with Crippen LogP contribution in [0.5, 0.6) is 0 Å². The van der Waals surface area contributed by atoms with Gasteiger partial charge in [-0.1, -0.05) is 62.4 Å². The standard InChI is InChI=1S/C22H26O4/c1-22(2,15-16-25-21(24)19-11-7-4-8-12-19)14-13-20(23)26-17-18-9-5-3-6-10-18/h3-12H,13-17H2,1-2H3. The van der Waals surface area contributed by atoms with Gasteiger partial charge in [0.25, 0.3) is 0 Å². The van der Waals surface area contributed by atoms with Crippen LogP contribution in [0.4, 0.5) is 0 Å². The van der Waals surface area contributed by atoms with Crippen LogP contribution in [0, 0.1) is 5.41 Å². The average molecular weight is 354 g/mol. The Labute approximate surface area is 155 Å². The monoisotopic (exact) mass is 354 g/mol. The van der Waals surface area contributed by atoms with Crippen molar-refractivity contribution in [3.05, 3.63) is 71.8 Å². The van der Waals surface area contributed by atoms with Crippen molar-refractivity contribution in [3.63, 3.8) is 0 Å². The third-order valence-corrected chi connectivity index (χ3v) is 4.27. The Hall–Kier alpha value is -2.62. The molecule has 0 bridgehead atoms. The van der Waals surface area contributed by atoms with E-state index in [4.69, 9.17) is 9.47 Å². The lowest BCUT2D eigenvalue weighted by Crippen LogP contribution is -2.18. The van der Waals surface area contributed by atoms with Gasteiger partial charge in [0, 0.05) is 6.42 Å². The van der Waals surface area contributed by atoms with Gasteiger partial charge in [0.1, 0.15) is 6.61 Å². The highest BCUT2D eigenvalue weighted by Crippen LogP contribution is 2.27. The summed E-state index contributed by atoms with van der Waals surface area (Å²) in [5.74, 6) is -0.521. The molecule has 2 aromatic rings.